The summed E-state index contributed by atoms with van der Waals surface area (Å²) < 4.78 is 60.7. The highest BCUT2D eigenvalue weighted by Gasteiger charge is 2.31. The first-order valence-corrected chi connectivity index (χ1v) is 8.46. The second-order valence-corrected chi connectivity index (χ2v) is 6.54. The van der Waals surface area contributed by atoms with Gasteiger partial charge in [0.1, 0.15) is 11.6 Å². The van der Waals surface area contributed by atoms with Gasteiger partial charge in [0.15, 0.2) is 0 Å². The quantitative estimate of drug-likeness (QED) is 0.590. The summed E-state index contributed by atoms with van der Waals surface area (Å²) in [6.45, 7) is 0.0148. The van der Waals surface area contributed by atoms with Crippen LogP contribution in [-0.4, -0.2) is 19.4 Å². The van der Waals surface area contributed by atoms with E-state index in [2.05, 4.69) is 10.1 Å². The largest absolute Gasteiger partial charge is 0.573 e. The fraction of sp³-hybridized carbons (Fsp3) is 0.167. The lowest BCUT2D eigenvalue weighted by Gasteiger charge is -2.11. The number of anilines is 1. The minimum atomic E-state index is -4.84. The Kier molecular flexibility index (Phi) is 5.33. The summed E-state index contributed by atoms with van der Waals surface area (Å²) in [6.07, 6.45) is -4.84. The molecule has 27 heavy (non-hydrogen) atoms. The van der Waals surface area contributed by atoms with Crippen molar-refractivity contribution < 1.29 is 31.8 Å². The van der Waals surface area contributed by atoms with E-state index in [1.165, 1.54) is 31.4 Å². The van der Waals surface area contributed by atoms with Crippen molar-refractivity contribution >= 4 is 33.0 Å². The Labute approximate surface area is 155 Å². The Morgan fingerprint density at radius 3 is 2.63 bits per heavy atom. The minimum Gasteiger partial charge on any atom is -0.406 e. The zero-order valence-electron chi connectivity index (χ0n) is 13.9. The molecule has 0 atom stereocenters. The predicted octanol–water partition coefficient (Wildman–Crippen LogP) is 5.34. The highest BCUT2D eigenvalue weighted by atomic mass is 32.1. The Morgan fingerprint density at radius 2 is 1.93 bits per heavy atom. The van der Waals surface area contributed by atoms with Gasteiger partial charge in [-0.2, -0.15) is 0 Å². The minimum absolute atomic E-state index is 0.0148. The van der Waals surface area contributed by atoms with Crippen LogP contribution in [0.3, 0.4) is 0 Å². The van der Waals surface area contributed by atoms with E-state index in [9.17, 15) is 22.4 Å². The van der Waals surface area contributed by atoms with Gasteiger partial charge in [0.25, 0.3) is 5.91 Å². The molecule has 1 amide bonds. The Hall–Kier alpha value is -2.65. The van der Waals surface area contributed by atoms with Crippen LogP contribution >= 0.6 is 11.3 Å². The SMILES string of the molecule is COCc1c(C(=O)Nc2cccc(OC(F)(F)F)c2)sc2cccc(F)c12. The third kappa shape index (κ3) is 4.37. The third-order valence-electron chi connectivity index (χ3n) is 3.58. The molecular weight excluding hydrogens is 386 g/mol. The van der Waals surface area contributed by atoms with Crippen LogP contribution in [0.1, 0.15) is 15.2 Å². The first-order valence-electron chi connectivity index (χ1n) is 7.64. The van der Waals surface area contributed by atoms with E-state index in [4.69, 9.17) is 4.74 Å². The summed E-state index contributed by atoms with van der Waals surface area (Å²) in [5.74, 6) is -1.51. The van der Waals surface area contributed by atoms with E-state index in [1.807, 2.05) is 0 Å². The summed E-state index contributed by atoms with van der Waals surface area (Å²) >= 11 is 1.08. The normalized spacial score (nSPS) is 11.6. The monoisotopic (exact) mass is 399 g/mol. The first-order chi connectivity index (χ1) is 12.8. The van der Waals surface area contributed by atoms with Gasteiger partial charge in [-0.05, 0) is 24.3 Å². The number of halogens is 4. The smallest absolute Gasteiger partial charge is 0.406 e. The van der Waals surface area contributed by atoms with Crippen LogP contribution in [0.2, 0.25) is 0 Å². The fourth-order valence-electron chi connectivity index (χ4n) is 2.59. The maximum atomic E-state index is 14.2. The number of hydrogen-bond donors (Lipinski definition) is 1. The molecule has 2 aromatic carbocycles. The standard InChI is InChI=1S/C18H13F4NO3S/c1-25-9-12-15-13(19)6-3-7-14(15)27-16(12)17(24)23-10-4-2-5-11(8-10)26-18(20,21)22/h2-8H,9H2,1H3,(H,23,24). The van der Waals surface area contributed by atoms with Crippen molar-refractivity contribution in [3.63, 3.8) is 0 Å². The summed E-state index contributed by atoms with van der Waals surface area (Å²) in [5.41, 5.74) is 0.499. The number of amides is 1. The van der Waals surface area contributed by atoms with Crippen LogP contribution in [0.4, 0.5) is 23.2 Å². The average Bonchev–Trinajstić information content (AvgIpc) is 2.94. The molecule has 9 heteroatoms. The maximum absolute atomic E-state index is 14.2. The number of thiophene rings is 1. The number of nitrogens with one attached hydrogen (secondary N) is 1. The molecule has 0 radical (unpaired) electrons. The van der Waals surface area contributed by atoms with Gasteiger partial charge in [-0.25, -0.2) is 4.39 Å². The van der Waals surface area contributed by atoms with Gasteiger partial charge in [0.05, 0.1) is 11.5 Å². The molecule has 0 saturated carbocycles. The van der Waals surface area contributed by atoms with Crippen LogP contribution in [0, 0.1) is 5.82 Å². The zero-order chi connectivity index (χ0) is 19.6. The van der Waals surface area contributed by atoms with Gasteiger partial charge in [0.2, 0.25) is 0 Å². The molecule has 0 spiro atoms. The van der Waals surface area contributed by atoms with E-state index in [-0.39, 0.29) is 17.2 Å². The number of rotatable bonds is 5. The Bertz CT molecular complexity index is 984. The maximum Gasteiger partial charge on any atom is 0.573 e. The van der Waals surface area contributed by atoms with Crippen LogP contribution in [0.5, 0.6) is 5.75 Å². The molecule has 0 aliphatic rings. The number of alkyl halides is 3. The van der Waals surface area contributed by atoms with Crippen molar-refractivity contribution in [1.29, 1.82) is 0 Å². The van der Waals surface area contributed by atoms with Crippen LogP contribution < -0.4 is 10.1 Å². The van der Waals surface area contributed by atoms with Gasteiger partial charge in [0, 0.05) is 34.5 Å². The topological polar surface area (TPSA) is 47.6 Å². The zero-order valence-corrected chi connectivity index (χ0v) is 14.7. The molecule has 0 unspecified atom stereocenters. The van der Waals surface area contributed by atoms with Gasteiger partial charge in [-0.15, -0.1) is 24.5 Å². The van der Waals surface area contributed by atoms with Crippen molar-refractivity contribution in [3.05, 3.63) is 58.7 Å². The number of benzene rings is 2. The predicted molar refractivity (Wildman–Crippen MR) is 93.6 cm³/mol. The van der Waals surface area contributed by atoms with Crippen molar-refractivity contribution in [2.24, 2.45) is 0 Å². The molecular formula is C18H13F4NO3S. The summed E-state index contributed by atoms with van der Waals surface area (Å²) in [6, 6.07) is 9.40. The number of methoxy groups -OCH3 is 1. The number of carbonyl (C=O) groups is 1. The summed E-state index contributed by atoms with van der Waals surface area (Å²) in [4.78, 5) is 12.9. The Morgan fingerprint density at radius 1 is 1.19 bits per heavy atom. The van der Waals surface area contributed by atoms with Crippen molar-refractivity contribution in [3.8, 4) is 5.75 Å². The van der Waals surface area contributed by atoms with E-state index >= 15 is 0 Å². The molecule has 1 aromatic heterocycles. The van der Waals surface area contributed by atoms with E-state index in [0.717, 1.165) is 23.5 Å². The lowest BCUT2D eigenvalue weighted by atomic mass is 10.1. The van der Waals surface area contributed by atoms with Crippen molar-refractivity contribution in [2.75, 3.05) is 12.4 Å². The highest BCUT2D eigenvalue weighted by molar-refractivity contribution is 7.21. The molecule has 1 heterocycles. The molecule has 3 aromatic rings. The fourth-order valence-corrected chi connectivity index (χ4v) is 3.71. The average molecular weight is 399 g/mol. The third-order valence-corrected chi connectivity index (χ3v) is 4.78. The van der Waals surface area contributed by atoms with E-state index in [1.54, 1.807) is 6.07 Å². The molecule has 0 saturated heterocycles. The highest BCUT2D eigenvalue weighted by Crippen LogP contribution is 2.34. The molecule has 0 aliphatic carbocycles. The first kappa shape index (κ1) is 19.1. The number of carbonyl (C=O) groups excluding carboxylic acids is 1. The van der Waals surface area contributed by atoms with Crippen molar-refractivity contribution in [2.45, 2.75) is 13.0 Å². The molecule has 3 rings (SSSR count). The molecule has 0 aliphatic heterocycles. The van der Waals surface area contributed by atoms with Crippen LogP contribution in [0.15, 0.2) is 42.5 Å². The lowest BCUT2D eigenvalue weighted by Crippen LogP contribution is -2.17. The van der Waals surface area contributed by atoms with Crippen LogP contribution in [0.25, 0.3) is 10.1 Å². The van der Waals surface area contributed by atoms with Gasteiger partial charge in [-0.1, -0.05) is 12.1 Å². The second kappa shape index (κ2) is 7.53. The summed E-state index contributed by atoms with van der Waals surface area (Å²) in [5, 5.41) is 2.80. The van der Waals surface area contributed by atoms with Crippen molar-refractivity contribution in [1.82, 2.24) is 0 Å². The van der Waals surface area contributed by atoms with Gasteiger partial charge in [-0.3, -0.25) is 4.79 Å². The lowest BCUT2D eigenvalue weighted by molar-refractivity contribution is -0.274. The molecule has 0 fully saturated rings. The van der Waals surface area contributed by atoms with E-state index in [0.29, 0.717) is 15.6 Å². The second-order valence-electron chi connectivity index (χ2n) is 5.49. The molecule has 4 nitrogen and oxygen atoms in total. The number of fused-ring (bicyclic) bond motifs is 1. The number of hydrogen-bond acceptors (Lipinski definition) is 4. The van der Waals surface area contributed by atoms with Gasteiger partial charge < -0.3 is 14.8 Å². The number of ether oxygens (including phenoxy) is 2. The molecule has 142 valence electrons. The Balaban J connectivity index is 1.92. The van der Waals surface area contributed by atoms with Crippen LogP contribution in [-0.2, 0) is 11.3 Å². The molecule has 0 bridgehead atoms. The summed E-state index contributed by atoms with van der Waals surface area (Å²) in [7, 11) is 1.42. The van der Waals surface area contributed by atoms with Gasteiger partial charge >= 0.3 is 6.36 Å². The molecule has 1 N–H and O–H groups in total. The van der Waals surface area contributed by atoms with E-state index < -0.39 is 23.8 Å².